The Hall–Kier alpha value is -2.38. The molecule has 0 saturated carbocycles. The molecule has 4 aromatic rings. The fourth-order valence-electron chi connectivity index (χ4n) is 2.69. The van der Waals surface area contributed by atoms with Crippen molar-refractivity contribution < 1.29 is 0 Å². The van der Waals surface area contributed by atoms with E-state index in [1.807, 2.05) is 23.1 Å². The van der Waals surface area contributed by atoms with Gasteiger partial charge >= 0.3 is 0 Å². The first-order valence-corrected chi connectivity index (χ1v) is 9.39. The molecule has 0 spiro atoms. The quantitative estimate of drug-likeness (QED) is 0.318. The Morgan fingerprint density at radius 2 is 2.21 bits per heavy atom. The number of nitrogens with zero attached hydrogens (tertiary/aromatic N) is 4. The molecule has 0 N–H and O–H groups in total. The molecule has 0 aliphatic carbocycles. The standard InChI is InChI=1S/C17H14N4OS2/c1-3-8-20-16(22)12-10-18-17(23-2)19-15(12)21(20)14-9-11-6-4-5-7-13(11)24-14/h3-7,9-10H,1,8H2,2H3. The van der Waals surface area contributed by atoms with Gasteiger partial charge in [0.25, 0.3) is 5.56 Å². The van der Waals surface area contributed by atoms with Gasteiger partial charge in [0.1, 0.15) is 10.4 Å². The summed E-state index contributed by atoms with van der Waals surface area (Å²) in [7, 11) is 0. The minimum atomic E-state index is -0.102. The van der Waals surface area contributed by atoms with Crippen LogP contribution in [0.1, 0.15) is 0 Å². The highest BCUT2D eigenvalue weighted by Gasteiger charge is 2.18. The second-order valence-corrected chi connectivity index (χ2v) is 7.04. The van der Waals surface area contributed by atoms with Gasteiger partial charge in [-0.3, -0.25) is 4.79 Å². The van der Waals surface area contributed by atoms with Crippen LogP contribution in [0.15, 0.2) is 59.1 Å². The first kappa shape index (κ1) is 15.2. The summed E-state index contributed by atoms with van der Waals surface area (Å²) in [5.74, 6) is 0. The Morgan fingerprint density at radius 1 is 1.38 bits per heavy atom. The highest BCUT2D eigenvalue weighted by atomic mass is 32.2. The van der Waals surface area contributed by atoms with Gasteiger partial charge in [-0.1, -0.05) is 36.0 Å². The van der Waals surface area contributed by atoms with Gasteiger partial charge in [-0.2, -0.15) is 0 Å². The molecular weight excluding hydrogens is 340 g/mol. The largest absolute Gasteiger partial charge is 0.278 e. The van der Waals surface area contributed by atoms with E-state index in [-0.39, 0.29) is 5.56 Å². The molecule has 0 fully saturated rings. The number of rotatable bonds is 4. The molecule has 120 valence electrons. The number of hydrogen-bond donors (Lipinski definition) is 0. The van der Waals surface area contributed by atoms with E-state index in [2.05, 4.69) is 34.7 Å². The van der Waals surface area contributed by atoms with Crippen molar-refractivity contribution in [2.75, 3.05) is 6.26 Å². The lowest BCUT2D eigenvalue weighted by Crippen LogP contribution is -2.20. The summed E-state index contributed by atoms with van der Waals surface area (Å²) in [5, 5.41) is 3.27. The molecule has 5 nitrogen and oxygen atoms in total. The first-order valence-electron chi connectivity index (χ1n) is 7.35. The number of thioether (sulfide) groups is 1. The van der Waals surface area contributed by atoms with E-state index in [1.54, 1.807) is 28.3 Å². The summed E-state index contributed by atoms with van der Waals surface area (Å²) in [6.07, 6.45) is 5.25. The number of benzene rings is 1. The normalized spacial score (nSPS) is 11.4. The van der Waals surface area contributed by atoms with Crippen molar-refractivity contribution in [3.63, 3.8) is 0 Å². The van der Waals surface area contributed by atoms with Gasteiger partial charge in [0, 0.05) is 10.9 Å². The van der Waals surface area contributed by atoms with Gasteiger partial charge in [-0.15, -0.1) is 17.9 Å². The van der Waals surface area contributed by atoms with Crippen LogP contribution in [0, 0.1) is 0 Å². The molecule has 3 aromatic heterocycles. The van der Waals surface area contributed by atoms with Crippen LogP contribution < -0.4 is 5.56 Å². The molecule has 0 unspecified atom stereocenters. The van der Waals surface area contributed by atoms with Crippen LogP contribution in [-0.2, 0) is 6.54 Å². The van der Waals surface area contributed by atoms with Crippen molar-refractivity contribution in [1.29, 1.82) is 0 Å². The van der Waals surface area contributed by atoms with Crippen molar-refractivity contribution in [2.45, 2.75) is 11.7 Å². The lowest BCUT2D eigenvalue weighted by atomic mass is 10.3. The Labute approximate surface area is 146 Å². The zero-order valence-electron chi connectivity index (χ0n) is 13.0. The highest BCUT2D eigenvalue weighted by Crippen LogP contribution is 2.30. The zero-order valence-corrected chi connectivity index (χ0v) is 14.6. The molecule has 24 heavy (non-hydrogen) atoms. The van der Waals surface area contributed by atoms with Gasteiger partial charge in [0.2, 0.25) is 0 Å². The maximum absolute atomic E-state index is 12.7. The van der Waals surface area contributed by atoms with Gasteiger partial charge in [-0.05, 0) is 23.8 Å². The van der Waals surface area contributed by atoms with E-state index < -0.39 is 0 Å². The third-order valence-electron chi connectivity index (χ3n) is 3.76. The number of aromatic nitrogens is 4. The Balaban J connectivity index is 2.09. The van der Waals surface area contributed by atoms with Crippen molar-refractivity contribution >= 4 is 44.2 Å². The van der Waals surface area contributed by atoms with E-state index in [0.717, 1.165) is 10.4 Å². The summed E-state index contributed by atoms with van der Waals surface area (Å²) in [6.45, 7) is 4.18. The molecule has 1 aromatic carbocycles. The van der Waals surface area contributed by atoms with Crippen molar-refractivity contribution in [2.24, 2.45) is 0 Å². The second-order valence-electron chi connectivity index (χ2n) is 5.20. The zero-order chi connectivity index (χ0) is 16.7. The molecule has 4 rings (SSSR count). The molecule has 0 amide bonds. The Kier molecular flexibility index (Phi) is 3.74. The number of allylic oxidation sites excluding steroid dienone is 1. The van der Waals surface area contributed by atoms with Gasteiger partial charge < -0.3 is 0 Å². The summed E-state index contributed by atoms with van der Waals surface area (Å²) in [6, 6.07) is 10.3. The SMILES string of the molecule is C=CCn1c(=O)c2cnc(SC)nc2n1-c1cc2ccccc2s1. The second kappa shape index (κ2) is 5.92. The molecule has 0 aliphatic rings. The average Bonchev–Trinajstić information content (AvgIpc) is 3.14. The number of fused-ring (bicyclic) bond motifs is 2. The third kappa shape index (κ3) is 2.28. The topological polar surface area (TPSA) is 52.7 Å². The fourth-order valence-corrected chi connectivity index (χ4v) is 4.10. The first-order chi connectivity index (χ1) is 11.7. The smallest absolute Gasteiger partial charge is 0.267 e. The number of thiophene rings is 1. The lowest BCUT2D eigenvalue weighted by Gasteiger charge is -2.08. The fraction of sp³-hybridized carbons (Fsp3) is 0.118. The van der Waals surface area contributed by atoms with Crippen LogP contribution in [0.25, 0.3) is 26.1 Å². The van der Waals surface area contributed by atoms with Crippen molar-refractivity contribution in [3.8, 4) is 5.00 Å². The maximum atomic E-state index is 12.7. The van der Waals surface area contributed by atoms with E-state index in [0.29, 0.717) is 22.7 Å². The van der Waals surface area contributed by atoms with Crippen LogP contribution in [0.5, 0.6) is 0 Å². The van der Waals surface area contributed by atoms with Crippen LogP contribution in [0.3, 0.4) is 0 Å². The van der Waals surface area contributed by atoms with Gasteiger partial charge in [-0.25, -0.2) is 19.3 Å². The summed E-state index contributed by atoms with van der Waals surface area (Å²) < 4.78 is 4.71. The minimum Gasteiger partial charge on any atom is -0.267 e. The molecule has 0 radical (unpaired) electrons. The summed E-state index contributed by atoms with van der Waals surface area (Å²) >= 11 is 3.09. The molecule has 7 heteroatoms. The van der Waals surface area contributed by atoms with Gasteiger partial charge in [0.15, 0.2) is 10.8 Å². The molecule has 0 aliphatic heterocycles. The van der Waals surface area contributed by atoms with Gasteiger partial charge in [0.05, 0.1) is 6.54 Å². The minimum absolute atomic E-state index is 0.102. The predicted molar refractivity (Wildman–Crippen MR) is 100 cm³/mol. The molecule has 3 heterocycles. The summed E-state index contributed by atoms with van der Waals surface area (Å²) in [4.78, 5) is 21.5. The average molecular weight is 354 g/mol. The van der Waals surface area contributed by atoms with Crippen molar-refractivity contribution in [3.05, 3.63) is 59.5 Å². The third-order valence-corrected chi connectivity index (χ3v) is 5.41. The van der Waals surface area contributed by atoms with E-state index in [4.69, 9.17) is 0 Å². The number of hydrogen-bond acceptors (Lipinski definition) is 5. The van der Waals surface area contributed by atoms with Crippen LogP contribution >= 0.6 is 23.1 Å². The Morgan fingerprint density at radius 3 is 2.96 bits per heavy atom. The molecule has 0 bridgehead atoms. The predicted octanol–water partition coefficient (Wildman–Crippen LogP) is 3.70. The van der Waals surface area contributed by atoms with Crippen LogP contribution in [0.2, 0.25) is 0 Å². The Bertz CT molecular complexity index is 1090. The van der Waals surface area contributed by atoms with E-state index in [1.165, 1.54) is 16.5 Å². The maximum Gasteiger partial charge on any atom is 0.278 e. The monoisotopic (exact) mass is 354 g/mol. The lowest BCUT2D eigenvalue weighted by molar-refractivity contribution is 0.610. The van der Waals surface area contributed by atoms with Crippen LogP contribution in [-0.4, -0.2) is 25.6 Å². The van der Waals surface area contributed by atoms with Crippen LogP contribution in [0.4, 0.5) is 0 Å². The molecular formula is C17H14N4OS2. The van der Waals surface area contributed by atoms with Crippen molar-refractivity contribution in [1.82, 2.24) is 19.3 Å². The highest BCUT2D eigenvalue weighted by molar-refractivity contribution is 7.98. The van der Waals surface area contributed by atoms with E-state index in [9.17, 15) is 4.79 Å². The van der Waals surface area contributed by atoms with E-state index >= 15 is 0 Å². The summed E-state index contributed by atoms with van der Waals surface area (Å²) in [5.41, 5.74) is 0.530. The molecule has 0 atom stereocenters. The molecule has 0 saturated heterocycles.